The zero-order chi connectivity index (χ0) is 27.9. The van der Waals surface area contributed by atoms with E-state index in [0.29, 0.717) is 41.2 Å². The first kappa shape index (κ1) is 26.4. The second kappa shape index (κ2) is 10.2. The van der Waals surface area contributed by atoms with Crippen LogP contribution in [-0.2, 0) is 6.18 Å². The second-order valence-corrected chi connectivity index (χ2v) is 9.31. The Balaban J connectivity index is 1.50. The van der Waals surface area contributed by atoms with E-state index in [0.717, 1.165) is 23.6 Å². The van der Waals surface area contributed by atoms with E-state index in [4.69, 9.17) is 19.9 Å². The van der Waals surface area contributed by atoms with Gasteiger partial charge in [-0.3, -0.25) is 0 Å². The van der Waals surface area contributed by atoms with Crippen molar-refractivity contribution in [3.8, 4) is 17.2 Å². The molecule has 3 heterocycles. The molecule has 0 amide bonds. The van der Waals surface area contributed by atoms with Gasteiger partial charge >= 0.3 is 6.18 Å². The summed E-state index contributed by atoms with van der Waals surface area (Å²) in [6, 6.07) is 11.3. The second-order valence-electron chi connectivity index (χ2n) is 9.31. The van der Waals surface area contributed by atoms with Crippen LogP contribution in [0.4, 0.5) is 17.6 Å². The van der Waals surface area contributed by atoms with Crippen molar-refractivity contribution in [3.63, 3.8) is 0 Å². The van der Waals surface area contributed by atoms with Gasteiger partial charge in [-0.2, -0.15) is 13.2 Å². The zero-order valence-corrected chi connectivity index (χ0v) is 21.3. The highest BCUT2D eigenvalue weighted by atomic mass is 19.4. The summed E-state index contributed by atoms with van der Waals surface area (Å²) in [5, 5.41) is 0.391. The van der Waals surface area contributed by atoms with Gasteiger partial charge in [0, 0.05) is 24.0 Å². The minimum Gasteiger partial charge on any atom is -0.494 e. The molecule has 1 aliphatic heterocycles. The van der Waals surface area contributed by atoms with Crippen LogP contribution in [0.3, 0.4) is 0 Å². The molecule has 1 aliphatic rings. The lowest BCUT2D eigenvalue weighted by Gasteiger charge is -2.29. The van der Waals surface area contributed by atoms with E-state index in [-0.39, 0.29) is 23.0 Å². The number of hydrogen-bond acceptors (Lipinski definition) is 6. The Hall–Kier alpha value is -4.18. The molecule has 0 saturated heterocycles. The summed E-state index contributed by atoms with van der Waals surface area (Å²) in [6.07, 6.45) is -1.82. The fourth-order valence-electron chi connectivity index (χ4n) is 4.65. The highest BCUT2D eigenvalue weighted by Crippen LogP contribution is 2.39. The first-order valence-electron chi connectivity index (χ1n) is 12.3. The lowest BCUT2D eigenvalue weighted by atomic mass is 9.99. The molecule has 5 rings (SSSR count). The molecule has 0 radical (unpaired) electrons. The maximum absolute atomic E-state index is 13.3. The van der Waals surface area contributed by atoms with Gasteiger partial charge in [0.05, 0.1) is 18.8 Å². The Morgan fingerprint density at radius 3 is 2.46 bits per heavy atom. The van der Waals surface area contributed by atoms with Crippen molar-refractivity contribution in [2.24, 2.45) is 5.73 Å². The van der Waals surface area contributed by atoms with Gasteiger partial charge in [-0.15, -0.1) is 0 Å². The van der Waals surface area contributed by atoms with Crippen LogP contribution in [0, 0.1) is 5.82 Å². The Morgan fingerprint density at radius 2 is 1.85 bits per heavy atom. The van der Waals surface area contributed by atoms with Crippen LogP contribution >= 0.6 is 0 Å². The smallest absolute Gasteiger partial charge is 0.433 e. The van der Waals surface area contributed by atoms with Crippen molar-refractivity contribution in [3.05, 3.63) is 89.7 Å². The van der Waals surface area contributed by atoms with E-state index in [1.165, 1.54) is 31.4 Å². The van der Waals surface area contributed by atoms with Gasteiger partial charge in [0.25, 0.3) is 0 Å². The number of oxazole rings is 1. The van der Waals surface area contributed by atoms with Crippen LogP contribution in [0.2, 0.25) is 0 Å². The van der Waals surface area contributed by atoms with Gasteiger partial charge < -0.3 is 19.8 Å². The van der Waals surface area contributed by atoms with E-state index in [1.807, 2.05) is 4.90 Å². The molecule has 6 nitrogen and oxygen atoms in total. The number of fused-ring (bicyclic) bond motifs is 1. The third-order valence-corrected chi connectivity index (χ3v) is 6.71. The molecule has 2 aromatic heterocycles. The zero-order valence-electron chi connectivity index (χ0n) is 21.3. The molecule has 0 aliphatic carbocycles. The van der Waals surface area contributed by atoms with Crippen molar-refractivity contribution in [2.75, 3.05) is 20.2 Å². The van der Waals surface area contributed by atoms with Crippen LogP contribution in [0.15, 0.2) is 65.6 Å². The number of halogens is 4. The third-order valence-electron chi connectivity index (χ3n) is 6.71. The molecule has 1 atom stereocenters. The van der Waals surface area contributed by atoms with Gasteiger partial charge in [-0.25, -0.2) is 14.4 Å². The lowest BCUT2D eigenvalue weighted by molar-refractivity contribution is -0.140. The fourth-order valence-corrected chi connectivity index (χ4v) is 4.65. The predicted molar refractivity (Wildman–Crippen MR) is 141 cm³/mol. The summed E-state index contributed by atoms with van der Waals surface area (Å²) in [5.74, 6) is 0.511. The number of rotatable bonds is 6. The van der Waals surface area contributed by atoms with Crippen LogP contribution in [-0.4, -0.2) is 35.1 Å². The molecule has 4 aromatic rings. The summed E-state index contributed by atoms with van der Waals surface area (Å²) in [4.78, 5) is 10.6. The number of alkyl halides is 3. The van der Waals surface area contributed by atoms with Gasteiger partial charge in [-0.05, 0) is 60.9 Å². The number of nitrogens with zero attached hydrogens (tertiary/aromatic N) is 3. The van der Waals surface area contributed by atoms with Gasteiger partial charge in [0.15, 0.2) is 5.76 Å². The summed E-state index contributed by atoms with van der Waals surface area (Å²) in [5.41, 5.74) is 8.85. The molecule has 1 unspecified atom stereocenters. The number of benzene rings is 2. The summed E-state index contributed by atoms with van der Waals surface area (Å²) in [7, 11) is 1.37. The maximum atomic E-state index is 13.3. The molecular formula is C29H26F4N4O2. The first-order chi connectivity index (χ1) is 18.6. The highest BCUT2D eigenvalue weighted by molar-refractivity contribution is 5.96. The fraction of sp³-hybridized carbons (Fsp3) is 0.241. The standard InChI is InChI=1S/C29H26F4N4O2/c1-16(34)27-25(17(2)37-14-12-19(13-15-37)18-4-6-20(30)7-5-18)36-28(39-27)22-8-10-23(38-3)26-21(22)9-11-24(35-26)29(31,32)33/h4-12,16H,2,13-15,34H2,1,3H3. The molecule has 0 fully saturated rings. The van der Waals surface area contributed by atoms with E-state index >= 15 is 0 Å². The molecule has 2 N–H and O–H groups in total. The number of nitrogens with two attached hydrogens (primary N) is 1. The molecule has 10 heteroatoms. The molecule has 0 spiro atoms. The summed E-state index contributed by atoms with van der Waals surface area (Å²) < 4.78 is 64.7. The van der Waals surface area contributed by atoms with E-state index < -0.39 is 17.9 Å². The van der Waals surface area contributed by atoms with Crippen molar-refractivity contribution >= 4 is 22.2 Å². The van der Waals surface area contributed by atoms with Gasteiger partial charge in [-0.1, -0.05) is 24.8 Å². The molecule has 202 valence electrons. The normalized spacial score (nSPS) is 14.8. The van der Waals surface area contributed by atoms with Crippen molar-refractivity contribution in [1.29, 1.82) is 0 Å². The number of ether oxygens (including phenoxy) is 1. The average molecular weight is 539 g/mol. The Labute approximate surface area is 222 Å². The largest absolute Gasteiger partial charge is 0.494 e. The number of pyridine rings is 1. The van der Waals surface area contributed by atoms with Gasteiger partial charge in [0.2, 0.25) is 5.89 Å². The Kier molecular flexibility index (Phi) is 6.90. The van der Waals surface area contributed by atoms with E-state index in [2.05, 4.69) is 17.6 Å². The van der Waals surface area contributed by atoms with Crippen molar-refractivity contribution < 1.29 is 26.7 Å². The number of hydrogen-bond donors (Lipinski definition) is 1. The Bertz CT molecular complexity index is 1570. The number of aromatic nitrogens is 2. The maximum Gasteiger partial charge on any atom is 0.433 e. The molecule has 0 bridgehead atoms. The van der Waals surface area contributed by atoms with Crippen molar-refractivity contribution in [1.82, 2.24) is 14.9 Å². The summed E-state index contributed by atoms with van der Waals surface area (Å²) in [6.45, 7) is 7.21. The van der Waals surface area contributed by atoms with Crippen molar-refractivity contribution in [2.45, 2.75) is 25.6 Å². The molecular weight excluding hydrogens is 512 g/mol. The molecule has 2 aromatic carbocycles. The summed E-state index contributed by atoms with van der Waals surface area (Å²) >= 11 is 0. The Morgan fingerprint density at radius 1 is 1.10 bits per heavy atom. The quantitative estimate of drug-likeness (QED) is 0.271. The minimum atomic E-state index is -4.61. The first-order valence-corrected chi connectivity index (χ1v) is 12.3. The topological polar surface area (TPSA) is 77.4 Å². The minimum absolute atomic E-state index is 0.0419. The van der Waals surface area contributed by atoms with E-state index in [9.17, 15) is 17.6 Å². The monoisotopic (exact) mass is 538 g/mol. The van der Waals surface area contributed by atoms with Crippen LogP contribution < -0.4 is 10.5 Å². The molecule has 0 saturated carbocycles. The van der Waals surface area contributed by atoms with E-state index in [1.54, 1.807) is 25.1 Å². The van der Waals surface area contributed by atoms with Crippen LogP contribution in [0.5, 0.6) is 5.75 Å². The highest BCUT2D eigenvalue weighted by Gasteiger charge is 2.33. The van der Waals surface area contributed by atoms with Gasteiger partial charge in [0.1, 0.15) is 28.5 Å². The van der Waals surface area contributed by atoms with Crippen LogP contribution in [0.25, 0.3) is 33.6 Å². The lowest BCUT2D eigenvalue weighted by Crippen LogP contribution is -2.27. The third kappa shape index (κ3) is 5.12. The SMILES string of the molecule is C=C(c1nc(-c2ccc(OC)c3nc(C(F)(F)F)ccc23)oc1C(C)N)N1CC=C(c2ccc(F)cc2)CC1. The number of methoxy groups -OCH3 is 1. The van der Waals surface area contributed by atoms with Crippen LogP contribution in [0.1, 0.15) is 42.1 Å². The predicted octanol–water partition coefficient (Wildman–Crippen LogP) is 6.84. The molecule has 39 heavy (non-hydrogen) atoms. The average Bonchev–Trinajstić information content (AvgIpc) is 3.37.